The Bertz CT molecular complexity index is 125. The summed E-state index contributed by atoms with van der Waals surface area (Å²) in [4.78, 5) is 8.89. The molecule has 0 amide bonds. The van der Waals surface area contributed by atoms with Crippen LogP contribution in [0, 0.1) is 0 Å². The number of unbranched alkanes of at least 4 members (excludes halogenated alkanes) is 1. The molecule has 0 fully saturated rings. The Kier molecular flexibility index (Phi) is 9.17. The second-order valence-electron chi connectivity index (χ2n) is 3.94. The number of quaternary nitrogens is 1. The zero-order valence-electron chi connectivity index (χ0n) is 9.04. The number of hydrogen-bond acceptors (Lipinski definition) is 3. The van der Waals surface area contributed by atoms with E-state index in [4.69, 9.17) is 15.0 Å². The van der Waals surface area contributed by atoms with Gasteiger partial charge in [-0.3, -0.25) is 0 Å². The highest BCUT2D eigenvalue weighted by molar-refractivity contribution is 5.60. The van der Waals surface area contributed by atoms with Crippen molar-refractivity contribution in [2.75, 3.05) is 34.3 Å². The molecule has 0 spiro atoms. The molecule has 0 unspecified atom stereocenters. The Morgan fingerprint density at radius 1 is 1.31 bits per heavy atom. The van der Waals surface area contributed by atoms with Crippen molar-refractivity contribution in [1.82, 2.24) is 0 Å². The molecule has 0 aromatic rings. The van der Waals surface area contributed by atoms with Crippen LogP contribution in [-0.4, -0.2) is 49.9 Å². The minimum atomic E-state index is -1.08. The average Bonchev–Trinajstić information content (AvgIpc) is 1.83. The van der Waals surface area contributed by atoms with Crippen molar-refractivity contribution in [3.63, 3.8) is 0 Å². The second kappa shape index (κ2) is 8.01. The quantitative estimate of drug-likeness (QED) is 0.468. The fourth-order valence-electron chi connectivity index (χ4n) is 0.698. The van der Waals surface area contributed by atoms with Gasteiger partial charge in [0.05, 0.1) is 27.7 Å². The largest absolute Gasteiger partial charge is 0.550 e. The van der Waals surface area contributed by atoms with Gasteiger partial charge in [0, 0.05) is 12.6 Å². The van der Waals surface area contributed by atoms with E-state index < -0.39 is 5.97 Å². The molecule has 80 valence electrons. The Balaban J connectivity index is 0. The zero-order valence-corrected chi connectivity index (χ0v) is 9.04. The summed E-state index contributed by atoms with van der Waals surface area (Å²) >= 11 is 0. The molecular formula is C9H21NO3. The van der Waals surface area contributed by atoms with Crippen LogP contribution in [0.1, 0.15) is 19.8 Å². The maximum atomic E-state index is 8.89. The summed E-state index contributed by atoms with van der Waals surface area (Å²) in [6.45, 7) is 2.46. The van der Waals surface area contributed by atoms with E-state index in [1.165, 1.54) is 0 Å². The number of carboxylic acids is 1. The molecule has 0 bridgehead atoms. The molecule has 0 aromatic carbocycles. The van der Waals surface area contributed by atoms with E-state index in [1.807, 2.05) is 0 Å². The highest BCUT2D eigenvalue weighted by Gasteiger charge is 2.04. The van der Waals surface area contributed by atoms with Crippen LogP contribution in [0.4, 0.5) is 0 Å². The number of rotatable bonds is 4. The lowest BCUT2D eigenvalue weighted by molar-refractivity contribution is -0.870. The van der Waals surface area contributed by atoms with E-state index in [1.54, 1.807) is 0 Å². The third-order valence-corrected chi connectivity index (χ3v) is 1.24. The number of aliphatic hydroxyl groups excluding tert-OH is 1. The Hall–Kier alpha value is -0.610. The minimum absolute atomic E-state index is 0.333. The van der Waals surface area contributed by atoms with Crippen molar-refractivity contribution in [2.24, 2.45) is 0 Å². The van der Waals surface area contributed by atoms with Gasteiger partial charge in [0.25, 0.3) is 0 Å². The first-order valence-corrected chi connectivity index (χ1v) is 4.38. The van der Waals surface area contributed by atoms with Crippen LogP contribution in [0.15, 0.2) is 0 Å². The first kappa shape index (κ1) is 14.9. The minimum Gasteiger partial charge on any atom is -0.550 e. The molecule has 0 aromatic heterocycles. The molecule has 1 N–H and O–H groups in total. The first-order valence-electron chi connectivity index (χ1n) is 4.38. The van der Waals surface area contributed by atoms with Gasteiger partial charge < -0.3 is 19.5 Å². The maximum Gasteiger partial charge on any atom is 0.0781 e. The van der Waals surface area contributed by atoms with Gasteiger partial charge in [0.1, 0.15) is 0 Å². The predicted octanol–water partition coefficient (Wildman–Crippen LogP) is -0.779. The lowest BCUT2D eigenvalue weighted by Gasteiger charge is -2.23. The van der Waals surface area contributed by atoms with Gasteiger partial charge in [-0.2, -0.15) is 0 Å². The van der Waals surface area contributed by atoms with Crippen LogP contribution in [0.2, 0.25) is 0 Å². The number of hydrogen-bond donors (Lipinski definition) is 1. The molecule has 0 saturated heterocycles. The third-order valence-electron chi connectivity index (χ3n) is 1.24. The Labute approximate surface area is 80.4 Å². The standard InChI is InChI=1S/C7H18NO.C2H4O2/c1-8(2,3)6-4-5-7-9;1-2(3)4/h9H,4-7H2,1-3H3;1H3,(H,3,4)/q+1;/p-1. The molecule has 0 rings (SSSR count). The van der Waals surface area contributed by atoms with Crippen LogP contribution in [-0.2, 0) is 4.79 Å². The molecule has 13 heavy (non-hydrogen) atoms. The zero-order chi connectivity index (χ0) is 10.9. The molecule has 0 aliphatic carbocycles. The summed E-state index contributed by atoms with van der Waals surface area (Å²) in [5, 5.41) is 17.3. The number of carbonyl (C=O) groups is 1. The van der Waals surface area contributed by atoms with E-state index in [0.717, 1.165) is 30.8 Å². The number of aliphatic hydroxyl groups is 1. The van der Waals surface area contributed by atoms with Crippen LogP contribution in [0.5, 0.6) is 0 Å². The molecule has 4 nitrogen and oxygen atoms in total. The fraction of sp³-hybridized carbons (Fsp3) is 0.889. The highest BCUT2D eigenvalue weighted by atomic mass is 16.4. The van der Waals surface area contributed by atoms with E-state index in [2.05, 4.69) is 21.1 Å². The van der Waals surface area contributed by atoms with Crippen molar-refractivity contribution >= 4 is 5.97 Å². The second-order valence-corrected chi connectivity index (χ2v) is 3.94. The van der Waals surface area contributed by atoms with Gasteiger partial charge in [-0.1, -0.05) is 0 Å². The van der Waals surface area contributed by atoms with Crippen LogP contribution in [0.3, 0.4) is 0 Å². The van der Waals surface area contributed by atoms with Crippen molar-refractivity contribution in [2.45, 2.75) is 19.8 Å². The summed E-state index contributed by atoms with van der Waals surface area (Å²) in [7, 11) is 6.49. The van der Waals surface area contributed by atoms with Gasteiger partial charge in [-0.05, 0) is 19.8 Å². The van der Waals surface area contributed by atoms with Gasteiger partial charge in [0.2, 0.25) is 0 Å². The summed E-state index contributed by atoms with van der Waals surface area (Å²) in [5.74, 6) is -1.08. The topological polar surface area (TPSA) is 60.4 Å². The van der Waals surface area contributed by atoms with Crippen molar-refractivity contribution in [3.8, 4) is 0 Å². The van der Waals surface area contributed by atoms with E-state index in [9.17, 15) is 0 Å². The molecule has 0 aliphatic rings. The van der Waals surface area contributed by atoms with E-state index >= 15 is 0 Å². The Morgan fingerprint density at radius 3 is 1.92 bits per heavy atom. The summed E-state index contributed by atoms with van der Waals surface area (Å²) < 4.78 is 1.00. The first-order chi connectivity index (χ1) is 5.79. The molecule has 0 aliphatic heterocycles. The van der Waals surface area contributed by atoms with E-state index in [0.29, 0.717) is 6.61 Å². The fourth-order valence-corrected chi connectivity index (χ4v) is 0.698. The monoisotopic (exact) mass is 191 g/mol. The molecular weight excluding hydrogens is 170 g/mol. The molecule has 4 heteroatoms. The lowest BCUT2D eigenvalue weighted by Crippen LogP contribution is -2.35. The van der Waals surface area contributed by atoms with Gasteiger partial charge in [-0.25, -0.2) is 0 Å². The van der Waals surface area contributed by atoms with Crippen LogP contribution in [0.25, 0.3) is 0 Å². The lowest BCUT2D eigenvalue weighted by atomic mass is 10.3. The van der Waals surface area contributed by atoms with Gasteiger partial charge in [0.15, 0.2) is 0 Å². The molecule has 0 atom stereocenters. The SMILES string of the molecule is CC(=O)[O-].C[N+](C)(C)CCCCO. The highest BCUT2D eigenvalue weighted by Crippen LogP contribution is 1.95. The van der Waals surface area contributed by atoms with Crippen molar-refractivity contribution < 1.29 is 19.5 Å². The average molecular weight is 191 g/mol. The number of aliphatic carboxylic acids is 1. The number of nitrogens with zero attached hydrogens (tertiary/aromatic N) is 1. The van der Waals surface area contributed by atoms with Crippen LogP contribution < -0.4 is 5.11 Å². The predicted molar refractivity (Wildman–Crippen MR) is 49.9 cm³/mol. The number of carbonyl (C=O) groups excluding carboxylic acids is 1. The van der Waals surface area contributed by atoms with Crippen molar-refractivity contribution in [1.29, 1.82) is 0 Å². The summed E-state index contributed by atoms with van der Waals surface area (Å²) in [5.41, 5.74) is 0. The third kappa shape index (κ3) is 34.6. The molecule has 0 heterocycles. The molecule has 0 saturated carbocycles. The van der Waals surface area contributed by atoms with Gasteiger partial charge in [-0.15, -0.1) is 0 Å². The van der Waals surface area contributed by atoms with Crippen LogP contribution >= 0.6 is 0 Å². The summed E-state index contributed by atoms with van der Waals surface area (Å²) in [6.07, 6.45) is 2.06. The smallest absolute Gasteiger partial charge is 0.0781 e. The van der Waals surface area contributed by atoms with E-state index in [-0.39, 0.29) is 0 Å². The normalized spacial score (nSPS) is 10.2. The molecule has 0 radical (unpaired) electrons. The Morgan fingerprint density at radius 2 is 1.69 bits per heavy atom. The number of carboxylic acid groups (broad SMARTS) is 1. The van der Waals surface area contributed by atoms with Crippen molar-refractivity contribution in [3.05, 3.63) is 0 Å². The maximum absolute atomic E-state index is 8.89. The summed E-state index contributed by atoms with van der Waals surface area (Å²) in [6, 6.07) is 0. The van der Waals surface area contributed by atoms with Gasteiger partial charge >= 0.3 is 0 Å².